The van der Waals surface area contributed by atoms with Crippen LogP contribution in [-0.2, 0) is 0 Å². The fourth-order valence-electron chi connectivity index (χ4n) is 1.83. The van der Waals surface area contributed by atoms with Crippen molar-refractivity contribution in [2.45, 2.75) is 6.92 Å². The number of fused-ring (bicyclic) bond motifs is 1. The van der Waals surface area contributed by atoms with E-state index in [2.05, 4.69) is 21.9 Å². The first kappa shape index (κ1) is 12.5. The number of halogens is 1. The molecule has 1 N–H and O–H groups in total. The molecule has 0 radical (unpaired) electrons. The van der Waals surface area contributed by atoms with Crippen molar-refractivity contribution in [3.8, 4) is 29.2 Å². The van der Waals surface area contributed by atoms with Gasteiger partial charge in [0.15, 0.2) is 5.82 Å². The second-order valence-corrected chi connectivity index (χ2v) is 4.75. The van der Waals surface area contributed by atoms with E-state index in [9.17, 15) is 5.11 Å². The molecule has 0 amide bonds. The van der Waals surface area contributed by atoms with Gasteiger partial charge in [0.2, 0.25) is 5.88 Å². The van der Waals surface area contributed by atoms with Gasteiger partial charge in [0, 0.05) is 22.3 Å². The van der Waals surface area contributed by atoms with Crippen LogP contribution in [-0.4, -0.2) is 19.6 Å². The zero-order chi connectivity index (χ0) is 14.1. The third-order valence-electron chi connectivity index (χ3n) is 2.81. The predicted octanol–water partition coefficient (Wildman–Crippen LogP) is 2.91. The average molecular weight is 284 g/mol. The number of aryl methyl sites for hydroxylation is 1. The number of aromatic nitrogens is 3. The Kier molecular flexibility index (Phi) is 3.05. The Hall–Kier alpha value is -2.51. The minimum absolute atomic E-state index is 0.0389. The van der Waals surface area contributed by atoms with E-state index in [1.165, 1.54) is 10.9 Å². The highest BCUT2D eigenvalue weighted by molar-refractivity contribution is 6.30. The quantitative estimate of drug-likeness (QED) is 0.646. The van der Waals surface area contributed by atoms with E-state index in [0.29, 0.717) is 16.4 Å². The molecule has 0 atom stereocenters. The number of hydrogen-bond acceptors (Lipinski definition) is 3. The van der Waals surface area contributed by atoms with Crippen LogP contribution < -0.4 is 0 Å². The summed E-state index contributed by atoms with van der Waals surface area (Å²) in [6.07, 6.45) is 1.45. The number of rotatable bonds is 0. The number of hydrogen-bond donors (Lipinski definition) is 1. The molecule has 0 spiro atoms. The van der Waals surface area contributed by atoms with Crippen molar-refractivity contribution in [2.75, 3.05) is 0 Å². The van der Waals surface area contributed by atoms with Crippen LogP contribution >= 0.6 is 11.6 Å². The van der Waals surface area contributed by atoms with Crippen molar-refractivity contribution >= 4 is 11.6 Å². The lowest BCUT2D eigenvalue weighted by atomic mass is 10.2. The summed E-state index contributed by atoms with van der Waals surface area (Å²) >= 11 is 5.81. The van der Waals surface area contributed by atoms with Gasteiger partial charge >= 0.3 is 0 Å². The highest BCUT2D eigenvalue weighted by Crippen LogP contribution is 2.28. The van der Waals surface area contributed by atoms with E-state index in [0.717, 1.165) is 11.3 Å². The van der Waals surface area contributed by atoms with Gasteiger partial charge in [-0.25, -0.2) is 14.5 Å². The number of nitrogens with zero attached hydrogens (tertiary/aromatic N) is 3. The molecule has 3 rings (SSSR count). The maximum Gasteiger partial charge on any atom is 0.215 e. The highest BCUT2D eigenvalue weighted by atomic mass is 35.5. The van der Waals surface area contributed by atoms with E-state index in [1.54, 1.807) is 18.2 Å². The van der Waals surface area contributed by atoms with Crippen LogP contribution in [0.3, 0.4) is 0 Å². The molecule has 0 aliphatic carbocycles. The van der Waals surface area contributed by atoms with Gasteiger partial charge in [-0.05, 0) is 43.2 Å². The van der Waals surface area contributed by atoms with Crippen LogP contribution in [0.1, 0.15) is 11.3 Å². The van der Waals surface area contributed by atoms with Crippen LogP contribution in [0.15, 0.2) is 36.7 Å². The van der Waals surface area contributed by atoms with E-state index < -0.39 is 0 Å². The summed E-state index contributed by atoms with van der Waals surface area (Å²) in [4.78, 5) is 8.35. The van der Waals surface area contributed by atoms with Gasteiger partial charge in [-0.3, -0.25) is 0 Å². The molecule has 0 unspecified atom stereocenters. The lowest BCUT2D eigenvalue weighted by Gasteiger charge is -2.04. The maximum atomic E-state index is 10.1. The third-order valence-corrected chi connectivity index (χ3v) is 3.06. The fourth-order valence-corrected chi connectivity index (χ4v) is 1.96. The Morgan fingerprint density at radius 2 is 2.00 bits per heavy atom. The molecule has 0 saturated carbocycles. The Morgan fingerprint density at radius 3 is 2.75 bits per heavy atom. The first-order chi connectivity index (χ1) is 9.63. The lowest BCUT2D eigenvalue weighted by Crippen LogP contribution is -1.97. The Morgan fingerprint density at radius 1 is 1.25 bits per heavy atom. The van der Waals surface area contributed by atoms with Gasteiger partial charge in [-0.2, -0.15) is 0 Å². The van der Waals surface area contributed by atoms with Crippen LogP contribution in [0.2, 0.25) is 5.02 Å². The molecule has 0 saturated heterocycles. The predicted molar refractivity (Wildman–Crippen MR) is 76.8 cm³/mol. The van der Waals surface area contributed by atoms with Crippen molar-refractivity contribution in [1.29, 1.82) is 0 Å². The molecule has 1 aromatic carbocycles. The molecular formula is C15H10ClN3O. The molecule has 0 aromatic heterocycles. The summed E-state index contributed by atoms with van der Waals surface area (Å²) in [6, 6.07) is 11.8. The van der Waals surface area contributed by atoms with E-state index in [1.807, 2.05) is 19.1 Å². The molecule has 2 aliphatic heterocycles. The molecular weight excluding hydrogens is 274 g/mol. The van der Waals surface area contributed by atoms with Crippen LogP contribution in [0, 0.1) is 18.9 Å². The van der Waals surface area contributed by atoms with Gasteiger partial charge < -0.3 is 5.11 Å². The van der Waals surface area contributed by atoms with Crippen molar-refractivity contribution < 1.29 is 5.11 Å². The SMILES string of the molecule is Cc1cc2c(O)n(C#Cc3ccc(Cl)cc3)cnc-2n1. The average Bonchev–Trinajstić information content (AvgIpc) is 2.81. The summed E-state index contributed by atoms with van der Waals surface area (Å²) in [7, 11) is 0. The minimum Gasteiger partial charge on any atom is -0.493 e. The van der Waals surface area contributed by atoms with Gasteiger partial charge in [0.25, 0.3) is 0 Å². The van der Waals surface area contributed by atoms with Gasteiger partial charge in [-0.15, -0.1) is 0 Å². The summed E-state index contributed by atoms with van der Waals surface area (Å²) in [6.45, 7) is 1.85. The van der Waals surface area contributed by atoms with E-state index in [4.69, 9.17) is 11.6 Å². The molecule has 2 aliphatic rings. The third kappa shape index (κ3) is 2.31. The van der Waals surface area contributed by atoms with Crippen molar-refractivity contribution in [2.24, 2.45) is 0 Å². The molecule has 1 aromatic rings. The molecule has 0 fully saturated rings. The fraction of sp³-hybridized carbons (Fsp3) is 0.0667. The normalized spacial score (nSPS) is 10.3. The van der Waals surface area contributed by atoms with Crippen LogP contribution in [0.5, 0.6) is 5.88 Å². The van der Waals surface area contributed by atoms with Gasteiger partial charge in [-0.1, -0.05) is 11.6 Å². The van der Waals surface area contributed by atoms with Crippen molar-refractivity contribution in [3.05, 3.63) is 52.9 Å². The summed E-state index contributed by atoms with van der Waals surface area (Å²) in [5.74, 6) is 3.49. The molecule has 98 valence electrons. The van der Waals surface area contributed by atoms with E-state index in [-0.39, 0.29) is 5.88 Å². The van der Waals surface area contributed by atoms with Gasteiger partial charge in [0.05, 0.1) is 5.56 Å². The van der Waals surface area contributed by atoms with Crippen molar-refractivity contribution in [3.63, 3.8) is 0 Å². The Bertz CT molecular complexity index is 796. The Labute approximate surface area is 121 Å². The second kappa shape index (κ2) is 4.87. The first-order valence-corrected chi connectivity index (χ1v) is 6.32. The van der Waals surface area contributed by atoms with E-state index >= 15 is 0 Å². The van der Waals surface area contributed by atoms with Crippen LogP contribution in [0.25, 0.3) is 11.4 Å². The zero-order valence-electron chi connectivity index (χ0n) is 10.6. The molecule has 5 heteroatoms. The Balaban J connectivity index is 2.02. The first-order valence-electron chi connectivity index (χ1n) is 5.95. The molecule has 2 heterocycles. The zero-order valence-corrected chi connectivity index (χ0v) is 11.4. The summed E-state index contributed by atoms with van der Waals surface area (Å²) in [5.41, 5.74) is 2.21. The van der Waals surface area contributed by atoms with Crippen molar-refractivity contribution in [1.82, 2.24) is 14.5 Å². The molecule has 4 nitrogen and oxygen atoms in total. The monoisotopic (exact) mass is 283 g/mol. The molecule has 20 heavy (non-hydrogen) atoms. The smallest absolute Gasteiger partial charge is 0.215 e. The molecule has 0 bridgehead atoms. The lowest BCUT2D eigenvalue weighted by molar-refractivity contribution is 0.440. The summed E-state index contributed by atoms with van der Waals surface area (Å²) in [5, 5.41) is 10.8. The maximum absolute atomic E-state index is 10.1. The number of benzene rings is 1. The largest absolute Gasteiger partial charge is 0.493 e. The second-order valence-electron chi connectivity index (χ2n) is 4.32. The summed E-state index contributed by atoms with van der Waals surface area (Å²) < 4.78 is 1.37. The number of aromatic hydroxyl groups is 1. The standard InChI is InChI=1S/C15H10ClN3O/c1-10-8-13-14(18-10)17-9-19(15(13)20)7-6-11-2-4-12(16)5-3-11/h2-5,8-9,20H,1H3. The van der Waals surface area contributed by atoms with Gasteiger partial charge in [0.1, 0.15) is 6.33 Å². The minimum atomic E-state index is 0.0389. The highest BCUT2D eigenvalue weighted by Gasteiger charge is 2.14. The van der Waals surface area contributed by atoms with Crippen LogP contribution in [0.4, 0.5) is 0 Å². The topological polar surface area (TPSA) is 50.9 Å².